The van der Waals surface area contributed by atoms with Crippen molar-refractivity contribution >= 4 is 44.8 Å². The van der Waals surface area contributed by atoms with Crippen molar-refractivity contribution < 1.29 is 14.0 Å². The molecule has 0 radical (unpaired) electrons. The number of piperidine rings is 1. The van der Waals surface area contributed by atoms with E-state index in [9.17, 15) is 14.0 Å². The summed E-state index contributed by atoms with van der Waals surface area (Å²) < 4.78 is 14.1. The summed E-state index contributed by atoms with van der Waals surface area (Å²) in [5.74, 6) is -0.512. The van der Waals surface area contributed by atoms with Gasteiger partial charge in [-0.3, -0.25) is 9.59 Å². The van der Waals surface area contributed by atoms with Gasteiger partial charge in [0.05, 0.1) is 5.02 Å². The second-order valence-electron chi connectivity index (χ2n) is 6.93. The maximum Gasteiger partial charge on any atom is 0.266 e. The molecule has 7 heteroatoms. The van der Waals surface area contributed by atoms with E-state index in [2.05, 4.69) is 0 Å². The summed E-state index contributed by atoms with van der Waals surface area (Å²) in [6.45, 7) is 2.11. The molecule has 2 saturated heterocycles. The fourth-order valence-electron chi connectivity index (χ4n) is 3.89. The summed E-state index contributed by atoms with van der Waals surface area (Å²) in [4.78, 5) is 30.0. The molecule has 2 fully saturated rings. The largest absolute Gasteiger partial charge is 0.341 e. The number of amides is 2. The van der Waals surface area contributed by atoms with Crippen LogP contribution in [0.2, 0.25) is 5.02 Å². The lowest BCUT2D eigenvalue weighted by Gasteiger charge is -2.36. The molecule has 2 aromatic rings. The van der Waals surface area contributed by atoms with Crippen molar-refractivity contribution in [2.24, 2.45) is 0 Å². The van der Waals surface area contributed by atoms with Crippen molar-refractivity contribution in [1.29, 1.82) is 0 Å². The molecule has 0 aliphatic carbocycles. The lowest BCUT2D eigenvalue weighted by Crippen LogP contribution is -2.52. The highest BCUT2D eigenvalue weighted by Crippen LogP contribution is 2.37. The molecule has 2 aliphatic rings. The van der Waals surface area contributed by atoms with Gasteiger partial charge in [-0.2, -0.15) is 0 Å². The molecule has 138 valence electrons. The molecule has 1 unspecified atom stereocenters. The number of benzene rings is 1. The summed E-state index contributed by atoms with van der Waals surface area (Å²) in [5, 5.41) is 1.04. The zero-order valence-electron chi connectivity index (χ0n) is 14.3. The van der Waals surface area contributed by atoms with E-state index < -0.39 is 6.04 Å². The molecule has 2 amide bonds. The minimum Gasteiger partial charge on any atom is -0.341 e. The van der Waals surface area contributed by atoms with Crippen LogP contribution >= 0.6 is 22.9 Å². The molecule has 0 saturated carbocycles. The summed E-state index contributed by atoms with van der Waals surface area (Å²) >= 11 is 7.62. The number of hydrogen-bond acceptors (Lipinski definition) is 3. The van der Waals surface area contributed by atoms with Crippen LogP contribution in [0.25, 0.3) is 10.1 Å². The fraction of sp³-hybridized carbons (Fsp3) is 0.474. The first-order valence-corrected chi connectivity index (χ1v) is 10.2. The number of nitrogens with zero attached hydrogens (tertiary/aromatic N) is 2. The van der Waals surface area contributed by atoms with E-state index in [1.807, 2.05) is 4.90 Å². The SMILES string of the molecule is O=C(C1CCCCN1C(=O)c1sc2cc(F)ccc2c1Cl)N1CCCC1. The quantitative estimate of drug-likeness (QED) is 0.761. The van der Waals surface area contributed by atoms with Crippen LogP contribution in [0.1, 0.15) is 41.8 Å². The average Bonchev–Trinajstić information content (AvgIpc) is 3.29. The lowest BCUT2D eigenvalue weighted by molar-refractivity contribution is -0.136. The van der Waals surface area contributed by atoms with E-state index in [1.165, 1.54) is 23.5 Å². The van der Waals surface area contributed by atoms with Crippen molar-refractivity contribution in [3.63, 3.8) is 0 Å². The number of carbonyl (C=O) groups is 2. The van der Waals surface area contributed by atoms with Crippen molar-refractivity contribution in [1.82, 2.24) is 9.80 Å². The Hall–Kier alpha value is -1.66. The van der Waals surface area contributed by atoms with Gasteiger partial charge in [-0.25, -0.2) is 4.39 Å². The Balaban J connectivity index is 1.65. The van der Waals surface area contributed by atoms with E-state index in [4.69, 9.17) is 11.6 Å². The highest BCUT2D eigenvalue weighted by Gasteiger charge is 2.37. The standard InChI is InChI=1S/C19H20ClFN2O2S/c20-16-13-7-6-12(21)11-15(13)26-17(16)19(25)23-10-2-1-5-14(23)18(24)22-8-3-4-9-22/h6-7,11,14H,1-5,8-10H2. The molecule has 1 atom stereocenters. The number of thiophene rings is 1. The molecule has 3 heterocycles. The molecular formula is C19H20ClFN2O2S. The van der Waals surface area contributed by atoms with Crippen molar-refractivity contribution in [2.75, 3.05) is 19.6 Å². The van der Waals surface area contributed by atoms with Crippen LogP contribution in [0.5, 0.6) is 0 Å². The van der Waals surface area contributed by atoms with Crippen LogP contribution < -0.4 is 0 Å². The highest BCUT2D eigenvalue weighted by molar-refractivity contribution is 7.21. The molecule has 0 N–H and O–H groups in total. The summed E-state index contributed by atoms with van der Waals surface area (Å²) in [6.07, 6.45) is 4.57. The zero-order chi connectivity index (χ0) is 18.3. The summed E-state index contributed by atoms with van der Waals surface area (Å²) in [6, 6.07) is 3.93. The van der Waals surface area contributed by atoms with Crippen molar-refractivity contribution in [3.05, 3.63) is 33.9 Å². The molecule has 4 nitrogen and oxygen atoms in total. The second kappa shape index (κ2) is 7.16. The minimum atomic E-state index is -0.410. The molecule has 26 heavy (non-hydrogen) atoms. The smallest absolute Gasteiger partial charge is 0.266 e. The van der Waals surface area contributed by atoms with E-state index in [0.29, 0.717) is 33.0 Å². The van der Waals surface area contributed by atoms with Crippen LogP contribution in [-0.2, 0) is 4.79 Å². The summed E-state index contributed by atoms with van der Waals surface area (Å²) in [7, 11) is 0. The van der Waals surface area contributed by atoms with Gasteiger partial charge in [-0.15, -0.1) is 11.3 Å². The first-order valence-electron chi connectivity index (χ1n) is 9.03. The molecule has 0 bridgehead atoms. The van der Waals surface area contributed by atoms with E-state index in [0.717, 1.165) is 38.8 Å². The maximum atomic E-state index is 13.5. The first kappa shape index (κ1) is 17.7. The number of fused-ring (bicyclic) bond motifs is 1. The first-order chi connectivity index (χ1) is 12.6. The van der Waals surface area contributed by atoms with E-state index in [-0.39, 0.29) is 17.6 Å². The van der Waals surface area contributed by atoms with E-state index in [1.54, 1.807) is 11.0 Å². The van der Waals surface area contributed by atoms with Gasteiger partial charge in [0, 0.05) is 29.7 Å². The molecule has 4 rings (SSSR count). The Bertz CT molecular complexity index is 863. The topological polar surface area (TPSA) is 40.6 Å². The van der Waals surface area contributed by atoms with Crippen LogP contribution in [0.3, 0.4) is 0 Å². The van der Waals surface area contributed by atoms with E-state index >= 15 is 0 Å². The van der Waals surface area contributed by atoms with Gasteiger partial charge >= 0.3 is 0 Å². The zero-order valence-corrected chi connectivity index (χ0v) is 15.9. The highest BCUT2D eigenvalue weighted by atomic mass is 35.5. The molecule has 2 aliphatic heterocycles. The Morgan fingerprint density at radius 1 is 1.12 bits per heavy atom. The number of rotatable bonds is 2. The Kier molecular flexibility index (Phi) is 4.88. The number of halogens is 2. The predicted octanol–water partition coefficient (Wildman–Crippen LogP) is 4.31. The van der Waals surface area contributed by atoms with Crippen LogP contribution in [-0.4, -0.2) is 47.3 Å². The normalized spacial score (nSPS) is 20.8. The molecule has 1 aromatic carbocycles. The predicted molar refractivity (Wildman–Crippen MR) is 101 cm³/mol. The third-order valence-corrected chi connectivity index (χ3v) is 6.90. The van der Waals surface area contributed by atoms with Crippen LogP contribution in [0, 0.1) is 5.82 Å². The average molecular weight is 395 g/mol. The van der Waals surface area contributed by atoms with Crippen molar-refractivity contribution in [3.8, 4) is 0 Å². The number of likely N-dealkylation sites (tertiary alicyclic amines) is 2. The maximum absolute atomic E-state index is 13.5. The van der Waals surface area contributed by atoms with Crippen molar-refractivity contribution in [2.45, 2.75) is 38.1 Å². The van der Waals surface area contributed by atoms with Gasteiger partial charge in [0.25, 0.3) is 5.91 Å². The number of carbonyl (C=O) groups excluding carboxylic acids is 2. The number of hydrogen-bond donors (Lipinski definition) is 0. The monoisotopic (exact) mass is 394 g/mol. The van der Waals surface area contributed by atoms with Crippen LogP contribution in [0.15, 0.2) is 18.2 Å². The Labute approximate surface area is 160 Å². The minimum absolute atomic E-state index is 0.0545. The fourth-order valence-corrected chi connectivity index (χ4v) is 5.38. The molecule has 0 spiro atoms. The van der Waals surface area contributed by atoms with Crippen LogP contribution in [0.4, 0.5) is 4.39 Å². The van der Waals surface area contributed by atoms with Gasteiger partial charge in [-0.05, 0) is 50.3 Å². The van der Waals surface area contributed by atoms with Gasteiger partial charge in [0.15, 0.2) is 0 Å². The Morgan fingerprint density at radius 3 is 2.62 bits per heavy atom. The van der Waals surface area contributed by atoms with Gasteiger partial charge < -0.3 is 9.80 Å². The summed E-state index contributed by atoms with van der Waals surface area (Å²) in [5.41, 5.74) is 0. The Morgan fingerprint density at radius 2 is 1.85 bits per heavy atom. The van der Waals surface area contributed by atoms with Gasteiger partial charge in [0.1, 0.15) is 16.7 Å². The molecular weight excluding hydrogens is 375 g/mol. The molecule has 1 aromatic heterocycles. The second-order valence-corrected chi connectivity index (χ2v) is 8.36. The lowest BCUT2D eigenvalue weighted by atomic mass is 10.0. The van der Waals surface area contributed by atoms with Gasteiger partial charge in [0.2, 0.25) is 5.91 Å². The third-order valence-electron chi connectivity index (χ3n) is 5.25. The third kappa shape index (κ3) is 3.09. The van der Waals surface area contributed by atoms with Gasteiger partial charge in [-0.1, -0.05) is 11.6 Å².